The van der Waals surface area contributed by atoms with Crippen molar-refractivity contribution in [3.63, 3.8) is 0 Å². The molecule has 0 aliphatic carbocycles. The molecule has 2 aromatic rings. The molecule has 1 heteroatoms. The summed E-state index contributed by atoms with van der Waals surface area (Å²) in [5.41, 5.74) is 4.04. The van der Waals surface area contributed by atoms with Crippen molar-refractivity contribution in [1.29, 1.82) is 0 Å². The van der Waals surface area contributed by atoms with Crippen LogP contribution in [0.15, 0.2) is 60.7 Å². The molecule has 0 amide bonds. The Morgan fingerprint density at radius 1 is 0.895 bits per heavy atom. The molecule has 0 heterocycles. The lowest BCUT2D eigenvalue weighted by molar-refractivity contribution is 0.319. The second kappa shape index (κ2) is 6.91. The third-order valence-electron chi connectivity index (χ3n) is 3.14. The Balaban J connectivity index is 2.05. The summed E-state index contributed by atoms with van der Waals surface area (Å²) in [7, 11) is 2.17. The molecule has 98 valence electrons. The van der Waals surface area contributed by atoms with Gasteiger partial charge in [-0.15, -0.1) is 0 Å². The topological polar surface area (TPSA) is 3.24 Å². The van der Waals surface area contributed by atoms with E-state index in [4.69, 9.17) is 0 Å². The molecule has 0 fully saturated rings. The first-order chi connectivity index (χ1) is 9.29. The van der Waals surface area contributed by atoms with Crippen LogP contribution in [0, 0.1) is 0 Å². The summed E-state index contributed by atoms with van der Waals surface area (Å²) in [6.45, 7) is 4.00. The van der Waals surface area contributed by atoms with Crippen molar-refractivity contribution >= 4 is 6.08 Å². The summed E-state index contributed by atoms with van der Waals surface area (Å²) in [4.78, 5) is 2.34. The first kappa shape index (κ1) is 13.6. The van der Waals surface area contributed by atoms with Gasteiger partial charge in [0.25, 0.3) is 0 Å². The van der Waals surface area contributed by atoms with Gasteiger partial charge >= 0.3 is 0 Å². The fraction of sp³-hybridized carbons (Fsp3) is 0.222. The van der Waals surface area contributed by atoms with Gasteiger partial charge in [0, 0.05) is 13.1 Å². The SMILES string of the molecule is C/C=C/c1ccccc1CN(C)Cc1ccccc1. The lowest BCUT2D eigenvalue weighted by atomic mass is 10.1. The Hall–Kier alpha value is -1.86. The average Bonchev–Trinajstić information content (AvgIpc) is 2.42. The van der Waals surface area contributed by atoms with E-state index >= 15 is 0 Å². The second-order valence-corrected chi connectivity index (χ2v) is 4.86. The molecule has 0 atom stereocenters. The molecule has 0 saturated carbocycles. The average molecular weight is 251 g/mol. The third-order valence-corrected chi connectivity index (χ3v) is 3.14. The van der Waals surface area contributed by atoms with Crippen molar-refractivity contribution in [3.8, 4) is 0 Å². The molecule has 0 bridgehead atoms. The minimum Gasteiger partial charge on any atom is -0.298 e. The van der Waals surface area contributed by atoms with Gasteiger partial charge in [0.2, 0.25) is 0 Å². The van der Waals surface area contributed by atoms with Gasteiger partial charge < -0.3 is 0 Å². The summed E-state index contributed by atoms with van der Waals surface area (Å²) in [6.07, 6.45) is 4.27. The van der Waals surface area contributed by atoms with E-state index in [0.29, 0.717) is 0 Å². The van der Waals surface area contributed by atoms with Crippen molar-refractivity contribution in [2.75, 3.05) is 7.05 Å². The molecule has 0 saturated heterocycles. The minimum atomic E-state index is 0.968. The van der Waals surface area contributed by atoms with Crippen LogP contribution in [0.2, 0.25) is 0 Å². The van der Waals surface area contributed by atoms with Gasteiger partial charge in [-0.1, -0.05) is 66.7 Å². The monoisotopic (exact) mass is 251 g/mol. The van der Waals surface area contributed by atoms with Crippen molar-refractivity contribution in [2.24, 2.45) is 0 Å². The van der Waals surface area contributed by atoms with E-state index in [1.807, 2.05) is 0 Å². The number of nitrogens with zero attached hydrogens (tertiary/aromatic N) is 1. The van der Waals surface area contributed by atoms with E-state index < -0.39 is 0 Å². The first-order valence-electron chi connectivity index (χ1n) is 6.72. The van der Waals surface area contributed by atoms with Crippen LogP contribution in [0.1, 0.15) is 23.6 Å². The standard InChI is InChI=1S/C18H21N/c1-3-9-17-12-7-8-13-18(17)15-19(2)14-16-10-5-4-6-11-16/h3-13H,14-15H2,1-2H3/b9-3+. The van der Waals surface area contributed by atoms with E-state index in [1.165, 1.54) is 16.7 Å². The van der Waals surface area contributed by atoms with Gasteiger partial charge in [-0.25, -0.2) is 0 Å². The predicted octanol–water partition coefficient (Wildman–Crippen LogP) is 4.35. The van der Waals surface area contributed by atoms with Gasteiger partial charge in [-0.2, -0.15) is 0 Å². The van der Waals surface area contributed by atoms with Crippen LogP contribution in [0.25, 0.3) is 6.08 Å². The third kappa shape index (κ3) is 4.08. The van der Waals surface area contributed by atoms with Crippen LogP contribution in [0.5, 0.6) is 0 Å². The van der Waals surface area contributed by atoms with Gasteiger partial charge in [0.1, 0.15) is 0 Å². The zero-order valence-corrected chi connectivity index (χ0v) is 11.7. The zero-order chi connectivity index (χ0) is 13.5. The quantitative estimate of drug-likeness (QED) is 0.763. The Morgan fingerprint density at radius 2 is 1.58 bits per heavy atom. The van der Waals surface area contributed by atoms with Crippen molar-refractivity contribution in [2.45, 2.75) is 20.0 Å². The van der Waals surface area contributed by atoms with E-state index in [2.05, 4.69) is 85.6 Å². The fourth-order valence-corrected chi connectivity index (χ4v) is 2.26. The highest BCUT2D eigenvalue weighted by Gasteiger charge is 2.04. The van der Waals surface area contributed by atoms with E-state index in [1.54, 1.807) is 0 Å². The lowest BCUT2D eigenvalue weighted by Crippen LogP contribution is -2.17. The van der Waals surface area contributed by atoms with Crippen LogP contribution in [-0.4, -0.2) is 11.9 Å². The fourth-order valence-electron chi connectivity index (χ4n) is 2.26. The second-order valence-electron chi connectivity index (χ2n) is 4.86. The molecule has 0 N–H and O–H groups in total. The summed E-state index contributed by atoms with van der Waals surface area (Å²) in [5.74, 6) is 0. The Labute approximate surface area is 116 Å². The Kier molecular flexibility index (Phi) is 4.93. The largest absolute Gasteiger partial charge is 0.298 e. The lowest BCUT2D eigenvalue weighted by Gasteiger charge is -2.18. The maximum atomic E-state index is 2.34. The normalized spacial score (nSPS) is 11.3. The zero-order valence-electron chi connectivity index (χ0n) is 11.7. The van der Waals surface area contributed by atoms with Crippen molar-refractivity contribution < 1.29 is 0 Å². The maximum Gasteiger partial charge on any atom is 0.0240 e. The molecular weight excluding hydrogens is 230 g/mol. The van der Waals surface area contributed by atoms with Crippen LogP contribution in [0.4, 0.5) is 0 Å². The predicted molar refractivity (Wildman–Crippen MR) is 82.8 cm³/mol. The molecule has 0 aromatic heterocycles. The number of benzene rings is 2. The molecule has 2 aromatic carbocycles. The molecule has 0 aliphatic heterocycles. The van der Waals surface area contributed by atoms with Gasteiger partial charge in [-0.05, 0) is 30.7 Å². The number of allylic oxidation sites excluding steroid dienone is 1. The highest BCUT2D eigenvalue weighted by atomic mass is 15.1. The van der Waals surface area contributed by atoms with Gasteiger partial charge in [0.15, 0.2) is 0 Å². The summed E-state index contributed by atoms with van der Waals surface area (Å²) < 4.78 is 0. The van der Waals surface area contributed by atoms with Gasteiger partial charge in [-0.3, -0.25) is 4.90 Å². The van der Waals surface area contributed by atoms with Crippen LogP contribution >= 0.6 is 0 Å². The Bertz CT molecular complexity index is 528. The van der Waals surface area contributed by atoms with Crippen molar-refractivity contribution in [1.82, 2.24) is 4.90 Å². The molecule has 2 rings (SSSR count). The minimum absolute atomic E-state index is 0.968. The van der Waals surface area contributed by atoms with Crippen molar-refractivity contribution in [3.05, 3.63) is 77.4 Å². The summed E-state index contributed by atoms with van der Waals surface area (Å²) in [5, 5.41) is 0. The number of rotatable bonds is 5. The van der Waals surface area contributed by atoms with Crippen LogP contribution in [0.3, 0.4) is 0 Å². The number of hydrogen-bond acceptors (Lipinski definition) is 1. The number of hydrogen-bond donors (Lipinski definition) is 0. The Morgan fingerprint density at radius 3 is 2.32 bits per heavy atom. The van der Waals surface area contributed by atoms with Crippen LogP contribution < -0.4 is 0 Å². The molecule has 1 nitrogen and oxygen atoms in total. The van der Waals surface area contributed by atoms with E-state index in [0.717, 1.165) is 13.1 Å². The summed E-state index contributed by atoms with van der Waals surface area (Å²) in [6, 6.07) is 19.2. The molecule has 0 spiro atoms. The highest BCUT2D eigenvalue weighted by molar-refractivity contribution is 5.53. The van der Waals surface area contributed by atoms with Crippen LogP contribution in [-0.2, 0) is 13.1 Å². The highest BCUT2D eigenvalue weighted by Crippen LogP contribution is 2.14. The smallest absolute Gasteiger partial charge is 0.0240 e. The molecule has 0 unspecified atom stereocenters. The molecule has 19 heavy (non-hydrogen) atoms. The molecule has 0 radical (unpaired) electrons. The molecular formula is C18H21N. The van der Waals surface area contributed by atoms with E-state index in [9.17, 15) is 0 Å². The first-order valence-corrected chi connectivity index (χ1v) is 6.72. The van der Waals surface area contributed by atoms with E-state index in [-0.39, 0.29) is 0 Å². The van der Waals surface area contributed by atoms with Gasteiger partial charge in [0.05, 0.1) is 0 Å². The summed E-state index contributed by atoms with van der Waals surface area (Å²) >= 11 is 0. The molecule has 0 aliphatic rings. The maximum absolute atomic E-state index is 2.34.